The van der Waals surface area contributed by atoms with Gasteiger partial charge in [-0.15, -0.1) is 0 Å². The van der Waals surface area contributed by atoms with E-state index in [0.29, 0.717) is 17.3 Å². The van der Waals surface area contributed by atoms with Crippen LogP contribution in [0.1, 0.15) is 12.0 Å². The summed E-state index contributed by atoms with van der Waals surface area (Å²) in [6.07, 6.45) is 0.916. The molecule has 1 fully saturated rings. The molecule has 2 rings (SSSR count). The van der Waals surface area contributed by atoms with Gasteiger partial charge in [0.15, 0.2) is 0 Å². The molecule has 1 saturated heterocycles. The van der Waals surface area contributed by atoms with Crippen LogP contribution in [0, 0.1) is 10.1 Å². The highest BCUT2D eigenvalue weighted by atomic mass is 32.2. The molecule has 0 spiro atoms. The molecule has 114 valence electrons. The molecule has 0 N–H and O–H groups in total. The molecule has 8 nitrogen and oxygen atoms in total. The number of amides is 2. The van der Waals surface area contributed by atoms with Gasteiger partial charge < -0.3 is 9.90 Å². The van der Waals surface area contributed by atoms with E-state index in [4.69, 9.17) is 0 Å². The van der Waals surface area contributed by atoms with E-state index in [0.717, 1.165) is 4.90 Å². The predicted molar refractivity (Wildman–Crippen MR) is 75.4 cm³/mol. The number of carbonyl (C=O) groups excluding carboxylic acids is 3. The number of thioether (sulfide) groups is 1. The maximum Gasteiger partial charge on any atom is 0.293 e. The van der Waals surface area contributed by atoms with Crippen molar-refractivity contribution in [2.75, 3.05) is 6.54 Å². The molecule has 0 aromatic heterocycles. The van der Waals surface area contributed by atoms with Gasteiger partial charge in [0.05, 0.1) is 9.83 Å². The molecule has 1 aliphatic heterocycles. The third-order valence-corrected chi connectivity index (χ3v) is 3.70. The molecule has 2 amide bonds. The number of nitrogens with zero attached hydrogens (tertiary/aromatic N) is 2. The zero-order chi connectivity index (χ0) is 16.3. The number of carbonyl (C=O) groups is 3. The zero-order valence-corrected chi connectivity index (χ0v) is 11.9. The Kier molecular flexibility index (Phi) is 4.56. The van der Waals surface area contributed by atoms with Crippen molar-refractivity contribution in [2.24, 2.45) is 0 Å². The van der Waals surface area contributed by atoms with Crippen molar-refractivity contribution in [2.45, 2.75) is 6.42 Å². The first-order valence-corrected chi connectivity index (χ1v) is 6.90. The van der Waals surface area contributed by atoms with Crippen molar-refractivity contribution < 1.29 is 24.4 Å². The SMILES string of the molecule is O=C([O-])CCN1C(=O)S/C(=C\c2cccc([N+](=O)[O-])c2)C1=O. The Balaban J connectivity index is 2.21. The number of rotatable bonds is 5. The predicted octanol–water partition coefficient (Wildman–Crippen LogP) is 0.771. The molecule has 0 atom stereocenters. The minimum atomic E-state index is -1.36. The highest BCUT2D eigenvalue weighted by molar-refractivity contribution is 8.18. The topological polar surface area (TPSA) is 121 Å². The summed E-state index contributed by atoms with van der Waals surface area (Å²) in [4.78, 5) is 45.1. The van der Waals surface area contributed by atoms with Gasteiger partial charge in [0.1, 0.15) is 0 Å². The van der Waals surface area contributed by atoms with E-state index in [1.54, 1.807) is 6.07 Å². The summed E-state index contributed by atoms with van der Waals surface area (Å²) in [5.41, 5.74) is 0.268. The zero-order valence-electron chi connectivity index (χ0n) is 11.1. The molecule has 1 heterocycles. The molecule has 0 aliphatic carbocycles. The average molecular weight is 321 g/mol. The minimum absolute atomic E-state index is 0.0869. The summed E-state index contributed by atoms with van der Waals surface area (Å²) < 4.78 is 0. The van der Waals surface area contributed by atoms with Crippen LogP contribution in [0.25, 0.3) is 6.08 Å². The lowest BCUT2D eigenvalue weighted by Crippen LogP contribution is -2.33. The Morgan fingerprint density at radius 3 is 2.73 bits per heavy atom. The number of imide groups is 1. The van der Waals surface area contributed by atoms with Gasteiger partial charge >= 0.3 is 0 Å². The van der Waals surface area contributed by atoms with Gasteiger partial charge in [-0.2, -0.15) is 0 Å². The number of hydrogen-bond donors (Lipinski definition) is 0. The first-order chi connectivity index (χ1) is 10.4. The van der Waals surface area contributed by atoms with Crippen molar-refractivity contribution in [3.63, 3.8) is 0 Å². The normalized spacial score (nSPS) is 16.4. The van der Waals surface area contributed by atoms with Crippen LogP contribution >= 0.6 is 11.8 Å². The molecule has 0 saturated carbocycles. The van der Waals surface area contributed by atoms with Crippen molar-refractivity contribution in [1.82, 2.24) is 4.90 Å². The molecule has 0 bridgehead atoms. The van der Waals surface area contributed by atoms with Gasteiger partial charge in [-0.25, -0.2) is 0 Å². The van der Waals surface area contributed by atoms with Gasteiger partial charge in [0.2, 0.25) is 0 Å². The van der Waals surface area contributed by atoms with Gasteiger partial charge in [-0.3, -0.25) is 24.6 Å². The van der Waals surface area contributed by atoms with Gasteiger partial charge in [0, 0.05) is 31.1 Å². The number of aliphatic carboxylic acids is 1. The molecule has 0 unspecified atom stereocenters. The summed E-state index contributed by atoms with van der Waals surface area (Å²) in [7, 11) is 0. The fraction of sp³-hybridized carbons (Fsp3) is 0.154. The second-order valence-corrected chi connectivity index (χ2v) is 5.30. The fourth-order valence-corrected chi connectivity index (χ4v) is 2.64. The smallest absolute Gasteiger partial charge is 0.293 e. The number of carboxylic acids is 1. The molecular formula is C13H9N2O6S-. The lowest BCUT2D eigenvalue weighted by molar-refractivity contribution is -0.384. The van der Waals surface area contributed by atoms with Crippen LogP contribution < -0.4 is 5.11 Å². The van der Waals surface area contributed by atoms with Gasteiger partial charge in [0.25, 0.3) is 16.8 Å². The lowest BCUT2D eigenvalue weighted by atomic mass is 10.2. The number of nitro benzene ring substituents is 1. The highest BCUT2D eigenvalue weighted by Gasteiger charge is 2.34. The molecular weight excluding hydrogens is 312 g/mol. The van der Waals surface area contributed by atoms with Crippen LogP contribution in [0.5, 0.6) is 0 Å². The molecule has 1 aromatic rings. The Morgan fingerprint density at radius 2 is 2.09 bits per heavy atom. The van der Waals surface area contributed by atoms with Crippen LogP contribution in [-0.4, -0.2) is 33.5 Å². The number of benzene rings is 1. The summed E-state index contributed by atoms with van der Waals surface area (Å²) in [5, 5.41) is 20.5. The van der Waals surface area contributed by atoms with E-state index in [9.17, 15) is 29.6 Å². The van der Waals surface area contributed by atoms with Crippen molar-refractivity contribution >= 4 is 40.6 Å². The Hall–Kier alpha value is -2.68. The Bertz CT molecular complexity index is 700. The molecule has 0 radical (unpaired) electrons. The first kappa shape index (κ1) is 15.7. The number of nitro groups is 1. The quantitative estimate of drug-likeness (QED) is 0.446. The summed E-state index contributed by atoms with van der Waals surface area (Å²) >= 11 is 0.658. The second-order valence-electron chi connectivity index (χ2n) is 4.31. The molecule has 9 heteroatoms. The van der Waals surface area contributed by atoms with E-state index >= 15 is 0 Å². The number of non-ortho nitro benzene ring substituents is 1. The fourth-order valence-electron chi connectivity index (χ4n) is 1.78. The van der Waals surface area contributed by atoms with Crippen molar-refractivity contribution in [3.8, 4) is 0 Å². The summed E-state index contributed by atoms with van der Waals surface area (Å²) in [5.74, 6) is -1.98. The Morgan fingerprint density at radius 1 is 1.36 bits per heavy atom. The Labute approximate surface area is 128 Å². The van der Waals surface area contributed by atoms with E-state index in [1.165, 1.54) is 24.3 Å². The van der Waals surface area contributed by atoms with E-state index in [2.05, 4.69) is 0 Å². The van der Waals surface area contributed by atoms with Crippen LogP contribution in [0.15, 0.2) is 29.2 Å². The summed E-state index contributed by atoms with van der Waals surface area (Å²) in [6, 6.07) is 5.60. The van der Waals surface area contributed by atoms with Crippen molar-refractivity contribution in [1.29, 1.82) is 0 Å². The largest absolute Gasteiger partial charge is 0.550 e. The average Bonchev–Trinajstić information content (AvgIpc) is 2.71. The van der Waals surface area contributed by atoms with Gasteiger partial charge in [-0.05, 0) is 23.4 Å². The van der Waals surface area contributed by atoms with E-state index in [-0.39, 0.29) is 17.1 Å². The van der Waals surface area contributed by atoms with Crippen LogP contribution in [-0.2, 0) is 9.59 Å². The molecule has 22 heavy (non-hydrogen) atoms. The van der Waals surface area contributed by atoms with Crippen LogP contribution in [0.4, 0.5) is 10.5 Å². The number of carboxylic acid groups (broad SMARTS) is 1. The van der Waals surface area contributed by atoms with Crippen molar-refractivity contribution in [3.05, 3.63) is 44.8 Å². The molecule has 1 aliphatic rings. The summed E-state index contributed by atoms with van der Waals surface area (Å²) in [6.45, 7) is -0.265. The maximum absolute atomic E-state index is 12.0. The van der Waals surface area contributed by atoms with Crippen LogP contribution in [0.3, 0.4) is 0 Å². The third kappa shape index (κ3) is 3.50. The number of hydrogen-bond acceptors (Lipinski definition) is 7. The maximum atomic E-state index is 12.0. The standard InChI is InChI=1S/C13H10N2O6S/c16-11(17)4-5-14-12(18)10(22-13(14)19)7-8-2-1-3-9(6-8)15(20)21/h1-3,6-7H,4-5H2,(H,16,17)/p-1/b10-7-. The minimum Gasteiger partial charge on any atom is -0.550 e. The monoisotopic (exact) mass is 321 g/mol. The second kappa shape index (κ2) is 6.39. The first-order valence-electron chi connectivity index (χ1n) is 6.08. The molecule has 1 aromatic carbocycles. The van der Waals surface area contributed by atoms with Crippen LogP contribution in [0.2, 0.25) is 0 Å². The highest BCUT2D eigenvalue weighted by Crippen LogP contribution is 2.32. The van der Waals surface area contributed by atoms with E-state index < -0.39 is 28.5 Å². The lowest BCUT2D eigenvalue weighted by Gasteiger charge is -2.12. The third-order valence-electron chi connectivity index (χ3n) is 2.79. The van der Waals surface area contributed by atoms with E-state index in [1.807, 2.05) is 0 Å². The van der Waals surface area contributed by atoms with Gasteiger partial charge in [-0.1, -0.05) is 12.1 Å².